The number of Topliss-reactive ketones (excluding diaryl/α,β-unsaturated/α-hetero) is 1. The molecule has 0 aliphatic heterocycles. The number of ketones is 1. The molecule has 0 N–H and O–H groups in total. The lowest BCUT2D eigenvalue weighted by Gasteiger charge is -2.04. The number of carbonyl (C=O) groups excluding carboxylic acids is 1. The Labute approximate surface area is 190 Å². The van der Waals surface area contributed by atoms with Gasteiger partial charge in [0.05, 0.1) is 0 Å². The van der Waals surface area contributed by atoms with E-state index in [1.165, 1.54) is 141 Å². The Balaban J connectivity index is 3.03. The molecule has 1 heteroatoms. The van der Waals surface area contributed by atoms with E-state index in [4.69, 9.17) is 0 Å². The number of hydrogen-bond donors (Lipinski definition) is 0. The van der Waals surface area contributed by atoms with Crippen LogP contribution in [0.1, 0.15) is 167 Å². The van der Waals surface area contributed by atoms with Crippen molar-refractivity contribution in [1.82, 2.24) is 0 Å². The summed E-state index contributed by atoms with van der Waals surface area (Å²) in [6.45, 7) is 5.92. The Bertz CT molecular complexity index is 346. The SMILES string of the molecule is C=CCC(=O)CCCCCCCCCCCCCCCCCCCCCCCCC. The quantitative estimate of drug-likeness (QED) is 0.100. The monoisotopic (exact) mass is 420 g/mol. The zero-order chi connectivity index (χ0) is 22.0. The van der Waals surface area contributed by atoms with Crippen LogP contribution in [0.3, 0.4) is 0 Å². The first-order chi connectivity index (χ1) is 14.8. The lowest BCUT2D eigenvalue weighted by molar-refractivity contribution is -0.118. The lowest BCUT2D eigenvalue weighted by atomic mass is 10.0. The number of hydrogen-bond acceptors (Lipinski definition) is 1. The molecule has 30 heavy (non-hydrogen) atoms. The molecule has 0 aromatic rings. The van der Waals surface area contributed by atoms with E-state index < -0.39 is 0 Å². The molecule has 0 fully saturated rings. The average Bonchev–Trinajstić information content (AvgIpc) is 2.74. The maximum absolute atomic E-state index is 11.4. The van der Waals surface area contributed by atoms with Gasteiger partial charge in [-0.25, -0.2) is 0 Å². The van der Waals surface area contributed by atoms with Gasteiger partial charge in [0, 0.05) is 12.8 Å². The topological polar surface area (TPSA) is 17.1 Å². The van der Waals surface area contributed by atoms with Crippen molar-refractivity contribution in [3.8, 4) is 0 Å². The molecular weight excluding hydrogens is 364 g/mol. The van der Waals surface area contributed by atoms with Crippen molar-refractivity contribution >= 4 is 5.78 Å². The molecule has 0 atom stereocenters. The van der Waals surface area contributed by atoms with Crippen LogP contribution < -0.4 is 0 Å². The van der Waals surface area contributed by atoms with E-state index in [9.17, 15) is 4.79 Å². The molecule has 0 rings (SSSR count). The zero-order valence-electron chi connectivity index (χ0n) is 20.9. The van der Waals surface area contributed by atoms with Crippen molar-refractivity contribution in [2.75, 3.05) is 0 Å². The fraction of sp³-hybridized carbons (Fsp3) is 0.897. The molecule has 0 saturated carbocycles. The zero-order valence-corrected chi connectivity index (χ0v) is 20.9. The predicted octanol–water partition coefficient (Wildman–Crippen LogP) is 10.5. The lowest BCUT2D eigenvalue weighted by Crippen LogP contribution is -1.94. The summed E-state index contributed by atoms with van der Waals surface area (Å²) >= 11 is 0. The molecular formula is C29H56O. The van der Waals surface area contributed by atoms with Crippen molar-refractivity contribution in [2.45, 2.75) is 167 Å². The highest BCUT2D eigenvalue weighted by atomic mass is 16.1. The number of allylic oxidation sites excluding steroid dienone is 1. The van der Waals surface area contributed by atoms with Crippen LogP contribution in [0.25, 0.3) is 0 Å². The van der Waals surface area contributed by atoms with Crippen LogP contribution in [-0.4, -0.2) is 5.78 Å². The third-order valence-corrected chi connectivity index (χ3v) is 6.43. The first kappa shape index (κ1) is 29.4. The minimum Gasteiger partial charge on any atom is -0.299 e. The highest BCUT2D eigenvalue weighted by Gasteiger charge is 1.99. The molecule has 0 spiro atoms. The summed E-state index contributed by atoms with van der Waals surface area (Å²) < 4.78 is 0. The van der Waals surface area contributed by atoms with Crippen LogP contribution in [0, 0.1) is 0 Å². The fourth-order valence-electron chi connectivity index (χ4n) is 4.37. The molecule has 178 valence electrons. The predicted molar refractivity (Wildman–Crippen MR) is 136 cm³/mol. The summed E-state index contributed by atoms with van der Waals surface area (Å²) in [5.41, 5.74) is 0. The van der Waals surface area contributed by atoms with Gasteiger partial charge in [-0.05, 0) is 6.42 Å². The molecule has 0 amide bonds. The normalized spacial score (nSPS) is 11.1. The Kier molecular flexibility index (Phi) is 25.9. The summed E-state index contributed by atoms with van der Waals surface area (Å²) in [4.78, 5) is 11.4. The van der Waals surface area contributed by atoms with Gasteiger partial charge in [0.25, 0.3) is 0 Å². The summed E-state index contributed by atoms with van der Waals surface area (Å²) in [6.07, 6.45) is 35.5. The first-order valence-electron chi connectivity index (χ1n) is 13.9. The van der Waals surface area contributed by atoms with E-state index in [0.717, 1.165) is 12.8 Å². The molecule has 0 aromatic carbocycles. The van der Waals surface area contributed by atoms with E-state index in [1.807, 2.05) is 0 Å². The second-order valence-corrected chi connectivity index (χ2v) is 9.56. The fourth-order valence-corrected chi connectivity index (χ4v) is 4.37. The molecule has 0 saturated heterocycles. The molecule has 0 radical (unpaired) electrons. The minimum atomic E-state index is 0.355. The second kappa shape index (κ2) is 26.4. The van der Waals surface area contributed by atoms with E-state index in [-0.39, 0.29) is 0 Å². The van der Waals surface area contributed by atoms with E-state index in [1.54, 1.807) is 6.08 Å². The maximum atomic E-state index is 11.4. The largest absolute Gasteiger partial charge is 0.299 e. The molecule has 0 heterocycles. The Morgan fingerprint density at radius 3 is 1.03 bits per heavy atom. The van der Waals surface area contributed by atoms with Crippen LogP contribution >= 0.6 is 0 Å². The van der Waals surface area contributed by atoms with Gasteiger partial charge in [0.1, 0.15) is 5.78 Å². The minimum absolute atomic E-state index is 0.355. The van der Waals surface area contributed by atoms with Gasteiger partial charge in [-0.3, -0.25) is 4.79 Å². The summed E-state index contributed by atoms with van der Waals surface area (Å²) in [5.74, 6) is 0.355. The summed E-state index contributed by atoms with van der Waals surface area (Å²) in [5, 5.41) is 0. The summed E-state index contributed by atoms with van der Waals surface area (Å²) in [6, 6.07) is 0. The van der Waals surface area contributed by atoms with E-state index >= 15 is 0 Å². The van der Waals surface area contributed by atoms with Crippen molar-refractivity contribution in [3.63, 3.8) is 0 Å². The van der Waals surface area contributed by atoms with Crippen LogP contribution in [0.2, 0.25) is 0 Å². The molecule has 1 nitrogen and oxygen atoms in total. The third kappa shape index (κ3) is 25.4. The highest BCUT2D eigenvalue weighted by Crippen LogP contribution is 2.15. The number of rotatable bonds is 26. The van der Waals surface area contributed by atoms with Crippen LogP contribution in [-0.2, 0) is 4.79 Å². The molecule has 0 aliphatic carbocycles. The van der Waals surface area contributed by atoms with Gasteiger partial charge in [-0.15, -0.1) is 6.58 Å². The Morgan fingerprint density at radius 1 is 0.500 bits per heavy atom. The van der Waals surface area contributed by atoms with Crippen molar-refractivity contribution in [3.05, 3.63) is 12.7 Å². The van der Waals surface area contributed by atoms with Gasteiger partial charge < -0.3 is 0 Å². The van der Waals surface area contributed by atoms with Crippen molar-refractivity contribution in [1.29, 1.82) is 0 Å². The maximum Gasteiger partial charge on any atom is 0.136 e. The van der Waals surface area contributed by atoms with Crippen molar-refractivity contribution < 1.29 is 4.79 Å². The first-order valence-corrected chi connectivity index (χ1v) is 13.9. The Hall–Kier alpha value is -0.590. The number of unbranched alkanes of at least 4 members (excludes halogenated alkanes) is 22. The Morgan fingerprint density at radius 2 is 0.767 bits per heavy atom. The molecule has 0 bridgehead atoms. The standard InChI is InChI=1S/C29H56O/c1-3-5-6-7-8-9-10-11-12-13-14-15-16-17-18-19-20-21-22-23-24-25-26-28-29(30)27-4-2/h4H,2-3,5-28H2,1H3. The van der Waals surface area contributed by atoms with Crippen LogP contribution in [0.5, 0.6) is 0 Å². The van der Waals surface area contributed by atoms with Crippen LogP contribution in [0.15, 0.2) is 12.7 Å². The second-order valence-electron chi connectivity index (χ2n) is 9.56. The molecule has 0 aromatic heterocycles. The molecule has 0 unspecified atom stereocenters. The van der Waals surface area contributed by atoms with E-state index in [2.05, 4.69) is 13.5 Å². The van der Waals surface area contributed by atoms with Gasteiger partial charge in [-0.1, -0.05) is 154 Å². The van der Waals surface area contributed by atoms with Crippen LogP contribution in [0.4, 0.5) is 0 Å². The van der Waals surface area contributed by atoms with Crippen molar-refractivity contribution in [2.24, 2.45) is 0 Å². The smallest absolute Gasteiger partial charge is 0.136 e. The molecule has 0 aliphatic rings. The average molecular weight is 421 g/mol. The van der Waals surface area contributed by atoms with Gasteiger partial charge in [0.2, 0.25) is 0 Å². The van der Waals surface area contributed by atoms with E-state index in [0.29, 0.717) is 12.2 Å². The summed E-state index contributed by atoms with van der Waals surface area (Å²) in [7, 11) is 0. The van der Waals surface area contributed by atoms with Gasteiger partial charge in [-0.2, -0.15) is 0 Å². The number of carbonyl (C=O) groups is 1. The van der Waals surface area contributed by atoms with Gasteiger partial charge in [0.15, 0.2) is 0 Å². The third-order valence-electron chi connectivity index (χ3n) is 6.43. The highest BCUT2D eigenvalue weighted by molar-refractivity contribution is 5.79. The van der Waals surface area contributed by atoms with Gasteiger partial charge >= 0.3 is 0 Å².